The molecule has 1 saturated heterocycles. The zero-order chi connectivity index (χ0) is 19.8. The number of halogens is 3. The summed E-state index contributed by atoms with van der Waals surface area (Å²) < 4.78 is 61.1. The van der Waals surface area contributed by atoms with E-state index in [2.05, 4.69) is 29.5 Å². The van der Waals surface area contributed by atoms with Crippen molar-refractivity contribution in [2.45, 2.75) is 52.0 Å². The number of aliphatic imine (C=N–C) groups is 1. The smallest absolute Gasteiger partial charge is 0.357 e. The summed E-state index contributed by atoms with van der Waals surface area (Å²) in [5.41, 5.74) is -5.23. The number of hydrogen-bond donors (Lipinski definition) is 2. The Labute approximate surface area is 154 Å². The molecule has 0 saturated carbocycles. The third-order valence-corrected chi connectivity index (χ3v) is 5.94. The second-order valence-electron chi connectivity index (χ2n) is 6.98. The number of sulfonamides is 1. The molecule has 2 N–H and O–H groups in total. The van der Waals surface area contributed by atoms with Gasteiger partial charge < -0.3 is 10.6 Å². The SMILES string of the molecule is CCNC(=NCC1CCN(S(=O)(=O)C(F)(F)F)CC1)NCCCC(C)C. The second-order valence-corrected chi connectivity index (χ2v) is 8.91. The second kappa shape index (κ2) is 10.3. The highest BCUT2D eigenvalue weighted by Crippen LogP contribution is 2.30. The lowest BCUT2D eigenvalue weighted by Crippen LogP contribution is -2.45. The van der Waals surface area contributed by atoms with E-state index in [1.165, 1.54) is 0 Å². The van der Waals surface area contributed by atoms with Gasteiger partial charge in [0.2, 0.25) is 0 Å². The number of alkyl halides is 3. The molecule has 26 heavy (non-hydrogen) atoms. The van der Waals surface area contributed by atoms with Gasteiger partial charge in [0, 0.05) is 32.7 Å². The number of nitrogens with zero attached hydrogens (tertiary/aromatic N) is 2. The summed E-state index contributed by atoms with van der Waals surface area (Å²) >= 11 is 0. The van der Waals surface area contributed by atoms with Gasteiger partial charge in [0.05, 0.1) is 0 Å². The fraction of sp³-hybridized carbons (Fsp3) is 0.938. The summed E-state index contributed by atoms with van der Waals surface area (Å²) in [6.07, 6.45) is 2.92. The van der Waals surface area contributed by atoms with E-state index in [4.69, 9.17) is 0 Å². The minimum Gasteiger partial charge on any atom is -0.357 e. The van der Waals surface area contributed by atoms with Crippen LogP contribution in [0.2, 0.25) is 0 Å². The Morgan fingerprint density at radius 1 is 1.23 bits per heavy atom. The van der Waals surface area contributed by atoms with Crippen molar-refractivity contribution in [2.75, 3.05) is 32.7 Å². The van der Waals surface area contributed by atoms with E-state index >= 15 is 0 Å². The summed E-state index contributed by atoms with van der Waals surface area (Å²) in [7, 11) is -5.21. The van der Waals surface area contributed by atoms with E-state index in [1.807, 2.05) is 6.92 Å². The van der Waals surface area contributed by atoms with Crippen molar-refractivity contribution in [3.05, 3.63) is 0 Å². The highest BCUT2D eigenvalue weighted by Gasteiger charge is 2.50. The molecule has 0 radical (unpaired) electrons. The Hall–Kier alpha value is -1.03. The molecule has 1 rings (SSSR count). The Balaban J connectivity index is 2.47. The van der Waals surface area contributed by atoms with Crippen LogP contribution in [0, 0.1) is 11.8 Å². The van der Waals surface area contributed by atoms with E-state index in [0.29, 0.717) is 35.6 Å². The average Bonchev–Trinajstić information content (AvgIpc) is 2.55. The van der Waals surface area contributed by atoms with Gasteiger partial charge in [0.25, 0.3) is 0 Å². The summed E-state index contributed by atoms with van der Waals surface area (Å²) in [5, 5.41) is 6.40. The molecule has 0 aromatic heterocycles. The van der Waals surface area contributed by atoms with Crippen LogP contribution in [0.5, 0.6) is 0 Å². The molecule has 0 bridgehead atoms. The van der Waals surface area contributed by atoms with Crippen LogP contribution in [-0.4, -0.2) is 56.9 Å². The predicted octanol–water partition coefficient (Wildman–Crippen LogP) is 2.54. The van der Waals surface area contributed by atoms with E-state index in [9.17, 15) is 21.6 Å². The zero-order valence-electron chi connectivity index (χ0n) is 15.8. The van der Waals surface area contributed by atoms with Crippen molar-refractivity contribution < 1.29 is 21.6 Å². The highest BCUT2D eigenvalue weighted by molar-refractivity contribution is 7.90. The van der Waals surface area contributed by atoms with Crippen LogP contribution >= 0.6 is 0 Å². The largest absolute Gasteiger partial charge is 0.511 e. The van der Waals surface area contributed by atoms with Gasteiger partial charge in [0.1, 0.15) is 0 Å². The molecule has 154 valence electrons. The molecule has 0 atom stereocenters. The maximum absolute atomic E-state index is 12.6. The quantitative estimate of drug-likeness (QED) is 0.373. The molecule has 0 unspecified atom stereocenters. The number of guanidine groups is 1. The Morgan fingerprint density at radius 2 is 1.85 bits per heavy atom. The molecule has 6 nitrogen and oxygen atoms in total. The lowest BCUT2D eigenvalue weighted by Gasteiger charge is -2.30. The third-order valence-electron chi connectivity index (χ3n) is 4.31. The molecule has 0 aromatic rings. The van der Waals surface area contributed by atoms with Gasteiger partial charge in [0.15, 0.2) is 5.96 Å². The first kappa shape index (κ1) is 23.0. The first-order valence-corrected chi connectivity index (χ1v) is 10.6. The molecule has 1 aliphatic heterocycles. The van der Waals surface area contributed by atoms with Gasteiger partial charge in [-0.1, -0.05) is 13.8 Å². The summed E-state index contributed by atoms with van der Waals surface area (Å²) in [6, 6.07) is 0. The van der Waals surface area contributed by atoms with Crippen LogP contribution < -0.4 is 10.6 Å². The summed E-state index contributed by atoms with van der Waals surface area (Å²) in [5.74, 6) is 1.43. The molecule has 0 spiro atoms. The zero-order valence-corrected chi connectivity index (χ0v) is 16.6. The van der Waals surface area contributed by atoms with Gasteiger partial charge in [-0.15, -0.1) is 0 Å². The summed E-state index contributed by atoms with van der Waals surface area (Å²) in [4.78, 5) is 4.49. The molecular weight excluding hydrogens is 369 g/mol. The van der Waals surface area contributed by atoms with Crippen molar-refractivity contribution >= 4 is 16.0 Å². The van der Waals surface area contributed by atoms with Crippen molar-refractivity contribution in [1.82, 2.24) is 14.9 Å². The molecule has 0 aromatic carbocycles. The van der Waals surface area contributed by atoms with Crippen LogP contribution in [0.4, 0.5) is 13.2 Å². The predicted molar refractivity (Wildman–Crippen MR) is 97.3 cm³/mol. The van der Waals surface area contributed by atoms with Crippen LogP contribution in [0.15, 0.2) is 4.99 Å². The molecule has 1 aliphatic rings. The Morgan fingerprint density at radius 3 is 2.35 bits per heavy atom. The van der Waals surface area contributed by atoms with E-state index in [1.54, 1.807) is 0 Å². The molecule has 10 heteroatoms. The maximum atomic E-state index is 12.6. The number of nitrogens with one attached hydrogen (secondary N) is 2. The van der Waals surface area contributed by atoms with Crippen LogP contribution in [0.1, 0.15) is 46.5 Å². The number of rotatable bonds is 8. The molecule has 0 aliphatic carbocycles. The first-order valence-electron chi connectivity index (χ1n) is 9.16. The van der Waals surface area contributed by atoms with E-state index < -0.39 is 15.5 Å². The number of hydrogen-bond acceptors (Lipinski definition) is 3. The van der Waals surface area contributed by atoms with Gasteiger partial charge in [-0.05, 0) is 44.4 Å². The lowest BCUT2D eigenvalue weighted by atomic mass is 9.98. The van der Waals surface area contributed by atoms with Gasteiger partial charge in [-0.3, -0.25) is 4.99 Å². The fourth-order valence-corrected chi connectivity index (χ4v) is 3.74. The maximum Gasteiger partial charge on any atom is 0.511 e. The molecule has 1 fully saturated rings. The van der Waals surface area contributed by atoms with E-state index in [-0.39, 0.29) is 19.0 Å². The van der Waals surface area contributed by atoms with Crippen molar-refractivity contribution in [1.29, 1.82) is 0 Å². The normalized spacial score (nSPS) is 18.3. The number of piperidine rings is 1. The van der Waals surface area contributed by atoms with Gasteiger partial charge >= 0.3 is 15.5 Å². The molecular formula is C16H31F3N4O2S. The highest BCUT2D eigenvalue weighted by atomic mass is 32.2. The standard InChI is InChI=1S/C16H31F3N4O2S/c1-4-20-15(21-9-5-6-13(2)3)22-12-14-7-10-23(11-8-14)26(24,25)16(17,18)19/h13-14H,4-12H2,1-3H3,(H2,20,21,22). The Bertz CT molecular complexity index is 542. The van der Waals surface area contributed by atoms with Crippen LogP contribution in [0.3, 0.4) is 0 Å². The molecule has 1 heterocycles. The topological polar surface area (TPSA) is 73.8 Å². The lowest BCUT2D eigenvalue weighted by molar-refractivity contribution is -0.0496. The monoisotopic (exact) mass is 400 g/mol. The summed E-state index contributed by atoms with van der Waals surface area (Å²) in [6.45, 7) is 8.09. The van der Waals surface area contributed by atoms with Crippen LogP contribution in [-0.2, 0) is 10.0 Å². The third kappa shape index (κ3) is 7.30. The first-order chi connectivity index (χ1) is 12.1. The average molecular weight is 401 g/mol. The van der Waals surface area contributed by atoms with Crippen LogP contribution in [0.25, 0.3) is 0 Å². The Kier molecular flexibility index (Phi) is 9.15. The molecule has 0 amide bonds. The van der Waals surface area contributed by atoms with Crippen molar-refractivity contribution in [3.8, 4) is 0 Å². The van der Waals surface area contributed by atoms with Gasteiger partial charge in [-0.2, -0.15) is 17.5 Å². The minimum atomic E-state index is -5.23. The minimum absolute atomic E-state index is 0.0841. The van der Waals surface area contributed by atoms with Gasteiger partial charge in [-0.25, -0.2) is 8.42 Å². The van der Waals surface area contributed by atoms with Crippen molar-refractivity contribution in [3.63, 3.8) is 0 Å². The fourth-order valence-electron chi connectivity index (χ4n) is 2.76. The van der Waals surface area contributed by atoms with E-state index in [0.717, 1.165) is 25.9 Å². The van der Waals surface area contributed by atoms with Crippen molar-refractivity contribution in [2.24, 2.45) is 16.8 Å².